The molecule has 1 N–H and O–H groups in total. The predicted molar refractivity (Wildman–Crippen MR) is 64.3 cm³/mol. The summed E-state index contributed by atoms with van der Waals surface area (Å²) in [6, 6.07) is 0. The molecular weight excluding hydrogens is 216 g/mol. The van der Waals surface area contributed by atoms with Gasteiger partial charge < -0.3 is 5.11 Å². The zero-order valence-electron chi connectivity index (χ0n) is 10.4. The van der Waals surface area contributed by atoms with Crippen molar-refractivity contribution in [3.63, 3.8) is 0 Å². The van der Waals surface area contributed by atoms with E-state index in [0.717, 1.165) is 18.5 Å². The molecule has 17 heavy (non-hydrogen) atoms. The van der Waals surface area contributed by atoms with E-state index in [2.05, 4.69) is 9.97 Å². The summed E-state index contributed by atoms with van der Waals surface area (Å²) in [7, 11) is 0. The number of carboxylic acid groups (broad SMARTS) is 1. The van der Waals surface area contributed by atoms with Crippen LogP contribution in [0.15, 0.2) is 0 Å². The molecule has 1 aliphatic rings. The first-order valence-electron chi connectivity index (χ1n) is 6.18. The molecule has 0 radical (unpaired) electrons. The third-order valence-corrected chi connectivity index (χ3v) is 3.44. The maximum Gasteiger partial charge on any atom is 0.339 e. The Morgan fingerprint density at radius 2 is 1.82 bits per heavy atom. The Morgan fingerprint density at radius 1 is 1.18 bits per heavy atom. The molecule has 1 aliphatic carbocycles. The Morgan fingerprint density at radius 3 is 2.41 bits per heavy atom. The van der Waals surface area contributed by atoms with Crippen molar-refractivity contribution < 1.29 is 9.90 Å². The average molecular weight is 234 g/mol. The van der Waals surface area contributed by atoms with Crippen LogP contribution in [0.5, 0.6) is 0 Å². The Labute approximate surface area is 101 Å². The van der Waals surface area contributed by atoms with Crippen molar-refractivity contribution in [1.82, 2.24) is 9.97 Å². The van der Waals surface area contributed by atoms with Gasteiger partial charge >= 0.3 is 5.97 Å². The standard InChI is InChI=1S/C13H18N2O2/c1-8-11(13(16)17)12(15-9(2)14-8)10-6-4-3-5-7-10/h10H,3-7H2,1-2H3,(H,16,17). The van der Waals surface area contributed by atoms with Gasteiger partial charge in [-0.15, -0.1) is 0 Å². The summed E-state index contributed by atoms with van der Waals surface area (Å²) in [4.78, 5) is 19.9. The van der Waals surface area contributed by atoms with Crippen LogP contribution in [0.3, 0.4) is 0 Å². The number of carbonyl (C=O) groups is 1. The van der Waals surface area contributed by atoms with Gasteiger partial charge in [0, 0.05) is 5.92 Å². The SMILES string of the molecule is Cc1nc(C)c(C(=O)O)c(C2CCCCC2)n1. The van der Waals surface area contributed by atoms with Gasteiger partial charge in [-0.25, -0.2) is 14.8 Å². The van der Waals surface area contributed by atoms with Crippen molar-refractivity contribution in [2.45, 2.75) is 51.9 Å². The molecule has 1 fully saturated rings. The first kappa shape index (κ1) is 12.0. The maximum atomic E-state index is 11.3. The Bertz CT molecular complexity index is 437. The van der Waals surface area contributed by atoms with Crippen LogP contribution in [0.1, 0.15) is 65.6 Å². The van der Waals surface area contributed by atoms with Gasteiger partial charge in [-0.2, -0.15) is 0 Å². The fourth-order valence-corrected chi connectivity index (χ4v) is 2.67. The number of carboxylic acids is 1. The van der Waals surface area contributed by atoms with Crippen molar-refractivity contribution in [2.24, 2.45) is 0 Å². The molecule has 4 nitrogen and oxygen atoms in total. The first-order valence-corrected chi connectivity index (χ1v) is 6.18. The van der Waals surface area contributed by atoms with E-state index in [1.54, 1.807) is 6.92 Å². The normalized spacial score (nSPS) is 17.1. The van der Waals surface area contributed by atoms with Gasteiger partial charge in [0.25, 0.3) is 0 Å². The largest absolute Gasteiger partial charge is 0.478 e. The van der Waals surface area contributed by atoms with Gasteiger partial charge in [-0.1, -0.05) is 19.3 Å². The van der Waals surface area contributed by atoms with Gasteiger partial charge in [0.05, 0.1) is 11.4 Å². The lowest BCUT2D eigenvalue weighted by molar-refractivity contribution is 0.0692. The molecule has 1 aromatic heterocycles. The lowest BCUT2D eigenvalue weighted by Crippen LogP contribution is -2.16. The molecule has 0 spiro atoms. The zero-order valence-corrected chi connectivity index (χ0v) is 10.4. The third kappa shape index (κ3) is 2.46. The van der Waals surface area contributed by atoms with Crippen molar-refractivity contribution in [1.29, 1.82) is 0 Å². The van der Waals surface area contributed by atoms with Crippen LogP contribution in [0.2, 0.25) is 0 Å². The molecule has 0 aromatic carbocycles. The van der Waals surface area contributed by atoms with E-state index in [9.17, 15) is 9.90 Å². The fourth-order valence-electron chi connectivity index (χ4n) is 2.67. The van der Waals surface area contributed by atoms with Crippen LogP contribution >= 0.6 is 0 Å². The van der Waals surface area contributed by atoms with E-state index in [0.29, 0.717) is 23.0 Å². The molecular formula is C13H18N2O2. The molecule has 0 amide bonds. The summed E-state index contributed by atoms with van der Waals surface area (Å²) >= 11 is 0. The highest BCUT2D eigenvalue weighted by molar-refractivity contribution is 5.90. The molecule has 0 bridgehead atoms. The fraction of sp³-hybridized carbons (Fsp3) is 0.615. The number of aryl methyl sites for hydroxylation is 2. The molecule has 0 saturated heterocycles. The van der Waals surface area contributed by atoms with E-state index in [-0.39, 0.29) is 0 Å². The molecule has 0 aliphatic heterocycles. The zero-order chi connectivity index (χ0) is 12.4. The second-order valence-electron chi connectivity index (χ2n) is 4.76. The lowest BCUT2D eigenvalue weighted by atomic mass is 9.84. The second kappa shape index (κ2) is 4.82. The van der Waals surface area contributed by atoms with E-state index in [1.807, 2.05) is 6.92 Å². The highest BCUT2D eigenvalue weighted by Crippen LogP contribution is 2.33. The molecule has 2 rings (SSSR count). The average Bonchev–Trinajstić information content (AvgIpc) is 2.28. The number of aromatic nitrogens is 2. The van der Waals surface area contributed by atoms with Crippen molar-refractivity contribution in [2.75, 3.05) is 0 Å². The number of nitrogens with zero attached hydrogens (tertiary/aromatic N) is 2. The molecule has 1 saturated carbocycles. The predicted octanol–water partition coefficient (Wildman–Crippen LogP) is 2.84. The van der Waals surface area contributed by atoms with E-state index in [1.165, 1.54) is 19.3 Å². The Kier molecular flexibility index (Phi) is 3.41. The quantitative estimate of drug-likeness (QED) is 0.854. The number of rotatable bonds is 2. The molecule has 4 heteroatoms. The van der Waals surface area contributed by atoms with Crippen LogP contribution < -0.4 is 0 Å². The summed E-state index contributed by atoms with van der Waals surface area (Å²) < 4.78 is 0. The molecule has 1 aromatic rings. The third-order valence-electron chi connectivity index (χ3n) is 3.44. The van der Waals surface area contributed by atoms with E-state index >= 15 is 0 Å². The lowest BCUT2D eigenvalue weighted by Gasteiger charge is -2.23. The van der Waals surface area contributed by atoms with Crippen LogP contribution in [0.4, 0.5) is 0 Å². The highest BCUT2D eigenvalue weighted by Gasteiger charge is 2.25. The Hall–Kier alpha value is -1.45. The highest BCUT2D eigenvalue weighted by atomic mass is 16.4. The second-order valence-corrected chi connectivity index (χ2v) is 4.76. The maximum absolute atomic E-state index is 11.3. The topological polar surface area (TPSA) is 63.1 Å². The summed E-state index contributed by atoms with van der Waals surface area (Å²) in [6.45, 7) is 3.58. The van der Waals surface area contributed by atoms with Gasteiger partial charge in [-0.05, 0) is 26.7 Å². The summed E-state index contributed by atoms with van der Waals surface area (Å²) in [5.74, 6) is 0.0754. The first-order chi connectivity index (χ1) is 8.09. The van der Waals surface area contributed by atoms with Gasteiger partial charge in [0.15, 0.2) is 0 Å². The molecule has 0 atom stereocenters. The van der Waals surface area contributed by atoms with Gasteiger partial charge in [0.2, 0.25) is 0 Å². The van der Waals surface area contributed by atoms with Gasteiger partial charge in [0.1, 0.15) is 11.4 Å². The van der Waals surface area contributed by atoms with Crippen LogP contribution in [0.25, 0.3) is 0 Å². The van der Waals surface area contributed by atoms with Crippen molar-refractivity contribution in [3.8, 4) is 0 Å². The van der Waals surface area contributed by atoms with E-state index in [4.69, 9.17) is 0 Å². The summed E-state index contributed by atoms with van der Waals surface area (Å²) in [5, 5.41) is 9.29. The number of hydrogen-bond donors (Lipinski definition) is 1. The number of hydrogen-bond acceptors (Lipinski definition) is 3. The van der Waals surface area contributed by atoms with Crippen molar-refractivity contribution >= 4 is 5.97 Å². The molecule has 1 heterocycles. The van der Waals surface area contributed by atoms with Gasteiger partial charge in [-0.3, -0.25) is 0 Å². The Balaban J connectivity index is 2.46. The summed E-state index contributed by atoms with van der Waals surface area (Å²) in [6.07, 6.45) is 5.70. The number of aromatic carboxylic acids is 1. The van der Waals surface area contributed by atoms with Crippen LogP contribution in [-0.4, -0.2) is 21.0 Å². The van der Waals surface area contributed by atoms with Crippen LogP contribution in [0, 0.1) is 13.8 Å². The minimum absolute atomic E-state index is 0.301. The smallest absolute Gasteiger partial charge is 0.339 e. The van der Waals surface area contributed by atoms with Crippen LogP contribution in [-0.2, 0) is 0 Å². The monoisotopic (exact) mass is 234 g/mol. The van der Waals surface area contributed by atoms with Crippen molar-refractivity contribution in [3.05, 3.63) is 22.8 Å². The molecule has 92 valence electrons. The minimum atomic E-state index is -0.900. The van der Waals surface area contributed by atoms with E-state index < -0.39 is 5.97 Å². The molecule has 0 unspecified atom stereocenters. The minimum Gasteiger partial charge on any atom is -0.478 e. The summed E-state index contributed by atoms with van der Waals surface area (Å²) in [5.41, 5.74) is 1.66.